The molecule has 3 heterocycles. The highest BCUT2D eigenvalue weighted by atomic mass is 19.1. The van der Waals surface area contributed by atoms with Crippen LogP contribution in [0.3, 0.4) is 0 Å². The van der Waals surface area contributed by atoms with Crippen molar-refractivity contribution < 1.29 is 18.4 Å². The topological polar surface area (TPSA) is 84.6 Å². The van der Waals surface area contributed by atoms with Crippen LogP contribution in [0.25, 0.3) is 22.4 Å². The molecule has 1 saturated heterocycles. The predicted octanol–water partition coefficient (Wildman–Crippen LogP) is 6.77. The number of aromatic nitrogens is 3. The van der Waals surface area contributed by atoms with E-state index >= 15 is 0 Å². The Kier molecular flexibility index (Phi) is 7.42. The molecule has 9 heteroatoms. The van der Waals surface area contributed by atoms with E-state index in [1.165, 1.54) is 24.3 Å². The fourth-order valence-electron chi connectivity index (χ4n) is 5.39. The van der Waals surface area contributed by atoms with Crippen molar-refractivity contribution in [1.29, 1.82) is 0 Å². The fraction of sp³-hybridized carbons (Fsp3) is 0.143. The van der Waals surface area contributed by atoms with Gasteiger partial charge in [-0.25, -0.2) is 9.37 Å². The zero-order valence-corrected chi connectivity index (χ0v) is 23.8. The molecule has 1 fully saturated rings. The number of ether oxygens (including phenoxy) is 1. The molecule has 218 valence electrons. The number of fused-ring (bicyclic) bond motifs is 1. The van der Waals surface area contributed by atoms with Crippen LogP contribution >= 0.6 is 0 Å². The van der Waals surface area contributed by atoms with Crippen LogP contribution in [0.15, 0.2) is 114 Å². The van der Waals surface area contributed by atoms with E-state index in [0.29, 0.717) is 72.3 Å². The number of rotatable bonds is 7. The summed E-state index contributed by atoms with van der Waals surface area (Å²) in [4.78, 5) is 26.8. The number of carbonyl (C=O) groups excluding carboxylic acids is 1. The summed E-state index contributed by atoms with van der Waals surface area (Å²) in [5, 5.41) is 5.16. The second-order valence-corrected chi connectivity index (χ2v) is 10.6. The lowest BCUT2D eigenvalue weighted by molar-refractivity contribution is 0.0746. The molecule has 0 spiro atoms. The van der Waals surface area contributed by atoms with Crippen LogP contribution in [-0.2, 0) is 6.42 Å². The molecule has 0 unspecified atom stereocenters. The molecule has 1 aliphatic rings. The van der Waals surface area contributed by atoms with Crippen molar-refractivity contribution in [2.45, 2.75) is 6.42 Å². The second-order valence-electron chi connectivity index (χ2n) is 10.6. The number of para-hydroxylation sites is 1. The van der Waals surface area contributed by atoms with E-state index in [1.807, 2.05) is 84.9 Å². The molecule has 1 amide bonds. The molecule has 7 rings (SSSR count). The minimum Gasteiger partial charge on any atom is -0.457 e. The molecule has 0 bridgehead atoms. The van der Waals surface area contributed by atoms with Gasteiger partial charge in [-0.3, -0.25) is 4.79 Å². The van der Waals surface area contributed by atoms with Crippen molar-refractivity contribution >= 4 is 22.8 Å². The van der Waals surface area contributed by atoms with Crippen LogP contribution < -0.4 is 9.64 Å². The van der Waals surface area contributed by atoms with Gasteiger partial charge in [0.25, 0.3) is 11.6 Å². The Bertz CT molecular complexity index is 1900. The monoisotopic (exact) mass is 585 g/mol. The first-order chi connectivity index (χ1) is 21.6. The number of carbonyl (C=O) groups is 1. The summed E-state index contributed by atoms with van der Waals surface area (Å²) in [5.41, 5.74) is 3.37. The molecule has 6 aromatic rings. The summed E-state index contributed by atoms with van der Waals surface area (Å²) in [6.45, 7) is 2.06. The molecule has 0 N–H and O–H groups in total. The van der Waals surface area contributed by atoms with Gasteiger partial charge in [-0.05, 0) is 54.1 Å². The standard InChI is InChI=1S/C35H28FN5O3/c36-27-16-14-25(15-17-27)35(42)41-20-18-40(19-21-41)33-31-32(26-10-7-13-29(23-26)43-28-11-5-2-6-12-28)39-44-34(31)38-30(37-33)22-24-8-3-1-4-9-24/h1-17,23H,18-22H2. The maximum Gasteiger partial charge on any atom is 0.263 e. The Morgan fingerprint density at radius 1 is 0.795 bits per heavy atom. The summed E-state index contributed by atoms with van der Waals surface area (Å²) in [6, 6.07) is 33.0. The zero-order chi connectivity index (χ0) is 29.9. The highest BCUT2D eigenvalue weighted by Crippen LogP contribution is 2.36. The van der Waals surface area contributed by atoms with Gasteiger partial charge < -0.3 is 19.1 Å². The van der Waals surface area contributed by atoms with Gasteiger partial charge in [-0.1, -0.05) is 65.8 Å². The molecule has 1 aliphatic heterocycles. The molecule has 8 nitrogen and oxygen atoms in total. The normalized spacial score (nSPS) is 13.3. The molecule has 0 atom stereocenters. The van der Waals surface area contributed by atoms with Crippen molar-refractivity contribution in [1.82, 2.24) is 20.0 Å². The van der Waals surface area contributed by atoms with Gasteiger partial charge in [-0.2, -0.15) is 4.98 Å². The average molecular weight is 586 g/mol. The van der Waals surface area contributed by atoms with E-state index in [0.717, 1.165) is 16.9 Å². The number of nitrogens with zero attached hydrogens (tertiary/aromatic N) is 5. The van der Waals surface area contributed by atoms with E-state index in [4.69, 9.17) is 19.2 Å². The second kappa shape index (κ2) is 12.0. The Morgan fingerprint density at radius 3 is 2.25 bits per heavy atom. The average Bonchev–Trinajstić information content (AvgIpc) is 3.50. The minimum absolute atomic E-state index is 0.122. The van der Waals surface area contributed by atoms with Crippen molar-refractivity contribution in [3.05, 3.63) is 132 Å². The molecule has 2 aromatic heterocycles. The van der Waals surface area contributed by atoms with Crippen LogP contribution in [0.4, 0.5) is 10.2 Å². The summed E-state index contributed by atoms with van der Waals surface area (Å²) < 4.78 is 25.3. The maximum atomic E-state index is 13.4. The molecular weight excluding hydrogens is 557 g/mol. The lowest BCUT2D eigenvalue weighted by Gasteiger charge is -2.35. The summed E-state index contributed by atoms with van der Waals surface area (Å²) in [7, 11) is 0. The molecule has 44 heavy (non-hydrogen) atoms. The van der Waals surface area contributed by atoms with Gasteiger partial charge in [0.05, 0.1) is 0 Å². The predicted molar refractivity (Wildman–Crippen MR) is 165 cm³/mol. The Balaban J connectivity index is 1.22. The van der Waals surface area contributed by atoms with E-state index < -0.39 is 0 Å². The van der Waals surface area contributed by atoms with E-state index in [1.54, 1.807) is 4.90 Å². The number of benzene rings is 4. The Morgan fingerprint density at radius 2 is 1.50 bits per heavy atom. The lowest BCUT2D eigenvalue weighted by Crippen LogP contribution is -2.49. The quantitative estimate of drug-likeness (QED) is 0.204. The third-order valence-electron chi connectivity index (χ3n) is 7.61. The third kappa shape index (κ3) is 5.72. The van der Waals surface area contributed by atoms with Crippen LogP contribution in [0.2, 0.25) is 0 Å². The van der Waals surface area contributed by atoms with Crippen LogP contribution in [0.5, 0.6) is 11.5 Å². The van der Waals surface area contributed by atoms with Crippen molar-refractivity contribution in [2.75, 3.05) is 31.1 Å². The van der Waals surface area contributed by atoms with Crippen LogP contribution in [-0.4, -0.2) is 52.1 Å². The van der Waals surface area contributed by atoms with Gasteiger partial charge in [0.2, 0.25) is 0 Å². The molecule has 0 saturated carbocycles. The number of hydrogen-bond donors (Lipinski definition) is 0. The maximum absolute atomic E-state index is 13.4. The van der Waals surface area contributed by atoms with Crippen molar-refractivity contribution in [3.8, 4) is 22.8 Å². The number of amides is 1. The first kappa shape index (κ1) is 27.3. The molecule has 4 aromatic carbocycles. The molecular formula is C35H28FN5O3. The first-order valence-corrected chi connectivity index (χ1v) is 14.4. The van der Waals surface area contributed by atoms with Crippen LogP contribution in [0, 0.1) is 5.82 Å². The number of halogens is 1. The van der Waals surface area contributed by atoms with Crippen LogP contribution in [0.1, 0.15) is 21.7 Å². The van der Waals surface area contributed by atoms with Gasteiger partial charge in [-0.15, -0.1) is 0 Å². The first-order valence-electron chi connectivity index (χ1n) is 14.4. The van der Waals surface area contributed by atoms with Gasteiger partial charge >= 0.3 is 0 Å². The third-order valence-corrected chi connectivity index (χ3v) is 7.61. The Hall–Kier alpha value is -5.57. The zero-order valence-electron chi connectivity index (χ0n) is 23.8. The highest BCUT2D eigenvalue weighted by Gasteiger charge is 2.28. The summed E-state index contributed by atoms with van der Waals surface area (Å²) in [6.07, 6.45) is 0.531. The molecule has 0 radical (unpaired) electrons. The van der Waals surface area contributed by atoms with E-state index in [9.17, 15) is 9.18 Å². The SMILES string of the molecule is O=C(c1ccc(F)cc1)N1CCN(c2nc(Cc3ccccc3)nc3onc(-c4cccc(Oc5ccccc5)c4)c23)CC1. The smallest absolute Gasteiger partial charge is 0.263 e. The number of piperazine rings is 1. The Labute approximate surface area is 253 Å². The van der Waals surface area contributed by atoms with E-state index in [-0.39, 0.29) is 11.7 Å². The molecule has 0 aliphatic carbocycles. The largest absolute Gasteiger partial charge is 0.457 e. The van der Waals surface area contributed by atoms with Gasteiger partial charge in [0, 0.05) is 43.7 Å². The number of hydrogen-bond acceptors (Lipinski definition) is 7. The van der Waals surface area contributed by atoms with E-state index in [2.05, 4.69) is 10.1 Å². The summed E-state index contributed by atoms with van der Waals surface area (Å²) >= 11 is 0. The lowest BCUT2D eigenvalue weighted by atomic mass is 10.1. The van der Waals surface area contributed by atoms with Gasteiger partial charge in [0.1, 0.15) is 40.0 Å². The number of anilines is 1. The minimum atomic E-state index is -0.368. The highest BCUT2D eigenvalue weighted by molar-refractivity contribution is 5.98. The van der Waals surface area contributed by atoms with Crippen molar-refractivity contribution in [3.63, 3.8) is 0 Å². The van der Waals surface area contributed by atoms with Crippen molar-refractivity contribution in [2.24, 2.45) is 0 Å². The fourth-order valence-corrected chi connectivity index (χ4v) is 5.39. The van der Waals surface area contributed by atoms with Gasteiger partial charge in [0.15, 0.2) is 0 Å². The summed E-state index contributed by atoms with van der Waals surface area (Å²) in [5.74, 6) is 2.24.